The highest BCUT2D eigenvalue weighted by Crippen LogP contribution is 2.20. The molecule has 0 saturated carbocycles. The molecule has 7 rings (SSSR count). The largest absolute Gasteiger partial charge is 0.423 e. The molecule has 0 aliphatic carbocycles. The van der Waals surface area contributed by atoms with Crippen LogP contribution < -0.4 is 20.1 Å². The number of hydrogen-bond acceptors (Lipinski definition) is 8. The summed E-state index contributed by atoms with van der Waals surface area (Å²) in [6.07, 6.45) is 6.32. The molecule has 0 atom stereocenters. The number of anilines is 2. The molecule has 2 N–H and O–H groups in total. The number of esters is 2. The summed E-state index contributed by atoms with van der Waals surface area (Å²) >= 11 is 0. The van der Waals surface area contributed by atoms with E-state index in [0.717, 1.165) is 11.1 Å². The van der Waals surface area contributed by atoms with Crippen molar-refractivity contribution in [1.29, 1.82) is 0 Å². The van der Waals surface area contributed by atoms with Crippen LogP contribution in [0.3, 0.4) is 0 Å². The molecule has 0 spiro atoms. The van der Waals surface area contributed by atoms with Gasteiger partial charge in [0.25, 0.3) is 11.8 Å². The van der Waals surface area contributed by atoms with Crippen molar-refractivity contribution in [3.05, 3.63) is 239 Å². The van der Waals surface area contributed by atoms with Crippen molar-refractivity contribution in [2.75, 3.05) is 10.6 Å². The van der Waals surface area contributed by atoms with Crippen LogP contribution in [0.4, 0.5) is 11.4 Å². The fourth-order valence-electron chi connectivity index (χ4n) is 6.01. The van der Waals surface area contributed by atoms with Gasteiger partial charge in [-0.05, 0) is 120 Å². The van der Waals surface area contributed by atoms with Crippen molar-refractivity contribution in [1.82, 2.24) is 0 Å². The van der Waals surface area contributed by atoms with Gasteiger partial charge in [-0.25, -0.2) is 9.59 Å². The van der Waals surface area contributed by atoms with E-state index in [4.69, 9.17) is 9.47 Å². The summed E-state index contributed by atoms with van der Waals surface area (Å²) in [6, 6.07) is 49.8. The SMILES string of the molecule is O=C(C=Cc1cccc(NC(=O)c2ccc(OC(=O)c3ccc(C(=O)Oc4ccc(C(=O)Nc5cccc(C=CC(=O)c6ccccc6)c5)cc4)cc3)cc2)c1)c1ccccc1. The number of nitrogens with one attached hydrogen (secondary N) is 2. The molecular formula is C52H36N2O8. The van der Waals surface area contributed by atoms with Gasteiger partial charge in [-0.2, -0.15) is 0 Å². The van der Waals surface area contributed by atoms with Crippen LogP contribution >= 0.6 is 0 Å². The van der Waals surface area contributed by atoms with E-state index < -0.39 is 11.9 Å². The van der Waals surface area contributed by atoms with Gasteiger partial charge in [0.1, 0.15) is 11.5 Å². The Balaban J connectivity index is 0.872. The first-order chi connectivity index (χ1) is 30.2. The molecule has 302 valence electrons. The van der Waals surface area contributed by atoms with E-state index >= 15 is 0 Å². The second kappa shape index (κ2) is 19.8. The Labute approximate surface area is 356 Å². The van der Waals surface area contributed by atoms with Crippen molar-refractivity contribution in [3.63, 3.8) is 0 Å². The maximum atomic E-state index is 13.0. The molecule has 0 aliphatic heterocycles. The Bertz CT molecular complexity index is 2620. The second-order valence-corrected chi connectivity index (χ2v) is 13.7. The Morgan fingerprint density at radius 3 is 1.08 bits per heavy atom. The monoisotopic (exact) mass is 816 g/mol. The van der Waals surface area contributed by atoms with E-state index in [9.17, 15) is 28.8 Å². The van der Waals surface area contributed by atoms with Crippen molar-refractivity contribution in [2.45, 2.75) is 0 Å². The van der Waals surface area contributed by atoms with Crippen molar-refractivity contribution < 1.29 is 38.2 Å². The molecule has 10 heteroatoms. The molecule has 0 fully saturated rings. The Morgan fingerprint density at radius 1 is 0.355 bits per heavy atom. The van der Waals surface area contributed by atoms with Gasteiger partial charge < -0.3 is 20.1 Å². The second-order valence-electron chi connectivity index (χ2n) is 13.7. The normalized spacial score (nSPS) is 10.8. The van der Waals surface area contributed by atoms with Crippen LogP contribution in [0.2, 0.25) is 0 Å². The van der Waals surface area contributed by atoms with Crippen molar-refractivity contribution >= 4 is 58.8 Å². The van der Waals surface area contributed by atoms with Crippen LogP contribution in [0.1, 0.15) is 73.3 Å². The lowest BCUT2D eigenvalue weighted by Gasteiger charge is -2.09. The molecule has 0 radical (unpaired) electrons. The molecule has 0 aromatic heterocycles. The lowest BCUT2D eigenvalue weighted by Crippen LogP contribution is -2.13. The predicted molar refractivity (Wildman–Crippen MR) is 238 cm³/mol. The van der Waals surface area contributed by atoms with Crippen LogP contribution in [0, 0.1) is 0 Å². The zero-order valence-electron chi connectivity index (χ0n) is 32.9. The van der Waals surface area contributed by atoms with E-state index in [-0.39, 0.29) is 46.0 Å². The number of carbonyl (C=O) groups excluding carboxylic acids is 6. The quantitative estimate of drug-likeness (QED) is 0.0478. The van der Waals surface area contributed by atoms with E-state index in [0.29, 0.717) is 33.6 Å². The van der Waals surface area contributed by atoms with Crippen LogP contribution in [0.15, 0.2) is 194 Å². The smallest absolute Gasteiger partial charge is 0.343 e. The first-order valence-electron chi connectivity index (χ1n) is 19.3. The zero-order valence-corrected chi connectivity index (χ0v) is 32.9. The van der Waals surface area contributed by atoms with Gasteiger partial charge in [-0.15, -0.1) is 0 Å². The molecular weight excluding hydrogens is 781 g/mol. The van der Waals surface area contributed by atoms with Gasteiger partial charge in [-0.3, -0.25) is 19.2 Å². The molecule has 0 aliphatic rings. The molecule has 10 nitrogen and oxygen atoms in total. The summed E-state index contributed by atoms with van der Waals surface area (Å²) in [7, 11) is 0. The summed E-state index contributed by atoms with van der Waals surface area (Å²) in [4.78, 5) is 76.5. The number of rotatable bonds is 14. The van der Waals surface area contributed by atoms with Crippen LogP contribution in [-0.4, -0.2) is 35.3 Å². The van der Waals surface area contributed by atoms with E-state index in [2.05, 4.69) is 10.6 Å². The number of ketones is 2. The predicted octanol–water partition coefficient (Wildman–Crippen LogP) is 10.4. The highest BCUT2D eigenvalue weighted by molar-refractivity contribution is 6.08. The highest BCUT2D eigenvalue weighted by Gasteiger charge is 2.15. The van der Waals surface area contributed by atoms with Gasteiger partial charge in [0.05, 0.1) is 11.1 Å². The number of carbonyl (C=O) groups is 6. The lowest BCUT2D eigenvalue weighted by atomic mass is 10.1. The summed E-state index contributed by atoms with van der Waals surface area (Å²) < 4.78 is 11.0. The molecule has 0 saturated heterocycles. The summed E-state index contributed by atoms with van der Waals surface area (Å²) in [5.74, 6) is -1.95. The zero-order chi connectivity index (χ0) is 43.3. The van der Waals surface area contributed by atoms with Crippen LogP contribution in [0.25, 0.3) is 12.2 Å². The van der Waals surface area contributed by atoms with Gasteiger partial charge in [0, 0.05) is 33.6 Å². The highest BCUT2D eigenvalue weighted by atomic mass is 16.5. The molecule has 0 unspecified atom stereocenters. The number of benzene rings is 7. The standard InChI is InChI=1S/C52H36N2O8/c55-47(37-11-3-1-4-12-37)31-17-35-9-7-15-43(33-35)53-49(57)39-23-27-45(28-24-39)61-51(59)41-19-21-42(22-20-41)52(60)62-46-29-25-40(26-30-46)50(58)54-44-16-8-10-36(34-44)18-32-48(56)38-13-5-2-6-14-38/h1-34H,(H,53,57)(H,54,58). The van der Waals surface area contributed by atoms with Crippen molar-refractivity contribution in [2.24, 2.45) is 0 Å². The maximum Gasteiger partial charge on any atom is 0.343 e. The maximum absolute atomic E-state index is 13.0. The molecule has 7 aromatic rings. The molecule has 0 bridgehead atoms. The Hall–Kier alpha value is -8.76. The van der Waals surface area contributed by atoms with Gasteiger partial charge in [0.2, 0.25) is 0 Å². The molecule has 0 heterocycles. The molecule has 62 heavy (non-hydrogen) atoms. The number of hydrogen-bond donors (Lipinski definition) is 2. The summed E-state index contributed by atoms with van der Waals surface area (Å²) in [5, 5.41) is 5.66. The molecule has 2 amide bonds. The lowest BCUT2D eigenvalue weighted by molar-refractivity contribution is 0.0720. The number of allylic oxidation sites excluding steroid dienone is 2. The van der Waals surface area contributed by atoms with E-state index in [1.807, 2.05) is 24.3 Å². The van der Waals surface area contributed by atoms with Gasteiger partial charge in [-0.1, -0.05) is 97.1 Å². The topological polar surface area (TPSA) is 145 Å². The van der Waals surface area contributed by atoms with E-state index in [1.165, 1.54) is 84.9 Å². The summed E-state index contributed by atoms with van der Waals surface area (Å²) in [6.45, 7) is 0. The fraction of sp³-hybridized carbons (Fsp3) is 0. The number of ether oxygens (including phenoxy) is 2. The third-order valence-electron chi connectivity index (χ3n) is 9.27. The first kappa shape index (κ1) is 41.4. The van der Waals surface area contributed by atoms with Crippen LogP contribution in [-0.2, 0) is 0 Å². The Morgan fingerprint density at radius 2 is 0.710 bits per heavy atom. The first-order valence-corrected chi connectivity index (χ1v) is 19.3. The number of amides is 2. The minimum absolute atomic E-state index is 0.132. The van der Waals surface area contributed by atoms with E-state index in [1.54, 1.807) is 97.1 Å². The van der Waals surface area contributed by atoms with Gasteiger partial charge in [0.15, 0.2) is 11.6 Å². The summed E-state index contributed by atoms with van der Waals surface area (Å²) in [5.41, 5.74) is 4.72. The Kier molecular flexibility index (Phi) is 13.2. The minimum Gasteiger partial charge on any atom is -0.423 e. The third kappa shape index (κ3) is 11.2. The van der Waals surface area contributed by atoms with Crippen molar-refractivity contribution in [3.8, 4) is 11.5 Å². The average Bonchev–Trinajstić information content (AvgIpc) is 3.31. The average molecular weight is 817 g/mol. The fourth-order valence-corrected chi connectivity index (χ4v) is 6.01. The molecule has 7 aromatic carbocycles. The van der Waals surface area contributed by atoms with Crippen LogP contribution in [0.5, 0.6) is 11.5 Å². The van der Waals surface area contributed by atoms with Gasteiger partial charge >= 0.3 is 11.9 Å². The third-order valence-corrected chi connectivity index (χ3v) is 9.27. The minimum atomic E-state index is -0.673.